The van der Waals surface area contributed by atoms with Crippen molar-refractivity contribution in [3.8, 4) is 5.75 Å². The molecule has 3 rings (SSSR count). The molecule has 2 heterocycles. The topological polar surface area (TPSA) is 80.6 Å². The molecule has 0 aliphatic carbocycles. The minimum Gasteiger partial charge on any atom is -0.482 e. The lowest BCUT2D eigenvalue weighted by Crippen LogP contribution is -2.25. The van der Waals surface area contributed by atoms with Crippen LogP contribution in [0.5, 0.6) is 5.75 Å². The summed E-state index contributed by atoms with van der Waals surface area (Å²) in [6.07, 6.45) is 2.97. The molecule has 1 aliphatic heterocycles. The molecule has 22 heavy (non-hydrogen) atoms. The van der Waals surface area contributed by atoms with Crippen LogP contribution < -0.4 is 15.4 Å². The van der Waals surface area contributed by atoms with E-state index in [2.05, 4.69) is 10.6 Å². The fourth-order valence-electron chi connectivity index (χ4n) is 2.05. The molecule has 112 valence electrons. The third kappa shape index (κ3) is 3.17. The third-order valence-corrected chi connectivity index (χ3v) is 3.04. The standard InChI is InChI=1S/C16H14N2O4/c1-10-2-4-12(22-10)5-7-15(19)17-11-3-6-14-13(8-11)18-16(20)9-21-14/h2-8H,9H2,1H3,(H,17,19)(H,18,20)/b7-5+. The minimum absolute atomic E-state index is 0.00398. The Bertz CT molecular complexity index is 761. The molecular weight excluding hydrogens is 284 g/mol. The van der Waals surface area contributed by atoms with Crippen LogP contribution in [0.15, 0.2) is 40.8 Å². The Hall–Kier alpha value is -3.02. The van der Waals surface area contributed by atoms with Crippen molar-refractivity contribution in [2.24, 2.45) is 0 Å². The van der Waals surface area contributed by atoms with Crippen molar-refractivity contribution >= 4 is 29.3 Å². The van der Waals surface area contributed by atoms with Crippen LogP contribution in [0.1, 0.15) is 11.5 Å². The smallest absolute Gasteiger partial charge is 0.262 e. The number of nitrogens with one attached hydrogen (secondary N) is 2. The zero-order valence-electron chi connectivity index (χ0n) is 11.9. The van der Waals surface area contributed by atoms with Gasteiger partial charge in [0, 0.05) is 11.8 Å². The Morgan fingerprint density at radius 3 is 2.95 bits per heavy atom. The van der Waals surface area contributed by atoms with E-state index in [0.717, 1.165) is 5.76 Å². The zero-order chi connectivity index (χ0) is 15.5. The molecular formula is C16H14N2O4. The van der Waals surface area contributed by atoms with E-state index in [1.165, 1.54) is 6.08 Å². The van der Waals surface area contributed by atoms with Gasteiger partial charge >= 0.3 is 0 Å². The number of benzene rings is 1. The second-order valence-electron chi connectivity index (χ2n) is 4.82. The van der Waals surface area contributed by atoms with Gasteiger partial charge < -0.3 is 19.8 Å². The van der Waals surface area contributed by atoms with Gasteiger partial charge in [-0.15, -0.1) is 0 Å². The molecule has 2 N–H and O–H groups in total. The summed E-state index contributed by atoms with van der Waals surface area (Å²) < 4.78 is 10.6. The lowest BCUT2D eigenvalue weighted by atomic mass is 10.2. The van der Waals surface area contributed by atoms with Gasteiger partial charge in [-0.05, 0) is 43.3 Å². The van der Waals surface area contributed by atoms with Crippen molar-refractivity contribution in [1.82, 2.24) is 0 Å². The van der Waals surface area contributed by atoms with E-state index in [0.29, 0.717) is 22.9 Å². The van der Waals surface area contributed by atoms with Gasteiger partial charge in [-0.1, -0.05) is 0 Å². The number of hydrogen-bond acceptors (Lipinski definition) is 4. The molecule has 2 amide bonds. The highest BCUT2D eigenvalue weighted by molar-refractivity contribution is 6.03. The Morgan fingerprint density at radius 1 is 1.32 bits per heavy atom. The van der Waals surface area contributed by atoms with Crippen molar-refractivity contribution in [3.05, 3.63) is 47.9 Å². The normalized spacial score (nSPS) is 13.4. The van der Waals surface area contributed by atoms with E-state index < -0.39 is 0 Å². The SMILES string of the molecule is Cc1ccc(/C=C/C(=O)Nc2ccc3c(c2)NC(=O)CO3)o1. The van der Waals surface area contributed by atoms with Crippen LogP contribution in [0.2, 0.25) is 0 Å². The van der Waals surface area contributed by atoms with E-state index >= 15 is 0 Å². The van der Waals surface area contributed by atoms with Gasteiger partial charge in [-0.2, -0.15) is 0 Å². The Morgan fingerprint density at radius 2 is 2.18 bits per heavy atom. The van der Waals surface area contributed by atoms with Crippen LogP contribution in [-0.4, -0.2) is 18.4 Å². The molecule has 6 nitrogen and oxygen atoms in total. The zero-order valence-corrected chi connectivity index (χ0v) is 11.9. The third-order valence-electron chi connectivity index (χ3n) is 3.04. The van der Waals surface area contributed by atoms with Gasteiger partial charge in [0.2, 0.25) is 5.91 Å². The molecule has 0 atom stereocenters. The second-order valence-corrected chi connectivity index (χ2v) is 4.82. The van der Waals surface area contributed by atoms with E-state index in [1.807, 2.05) is 13.0 Å². The van der Waals surface area contributed by atoms with Crippen LogP contribution in [0.3, 0.4) is 0 Å². The molecule has 0 spiro atoms. The van der Waals surface area contributed by atoms with Crippen LogP contribution in [0, 0.1) is 6.92 Å². The number of ether oxygens (including phenoxy) is 1. The van der Waals surface area contributed by atoms with Crippen LogP contribution in [0.4, 0.5) is 11.4 Å². The first-order valence-electron chi connectivity index (χ1n) is 6.72. The lowest BCUT2D eigenvalue weighted by Gasteiger charge is -2.18. The van der Waals surface area contributed by atoms with Crippen molar-refractivity contribution < 1.29 is 18.7 Å². The van der Waals surface area contributed by atoms with Gasteiger partial charge in [-0.25, -0.2) is 0 Å². The van der Waals surface area contributed by atoms with Crippen LogP contribution >= 0.6 is 0 Å². The highest BCUT2D eigenvalue weighted by Crippen LogP contribution is 2.30. The van der Waals surface area contributed by atoms with E-state index in [-0.39, 0.29) is 18.4 Å². The van der Waals surface area contributed by atoms with Gasteiger partial charge in [0.25, 0.3) is 5.91 Å². The van der Waals surface area contributed by atoms with E-state index in [4.69, 9.17) is 9.15 Å². The van der Waals surface area contributed by atoms with E-state index in [1.54, 1.807) is 30.3 Å². The maximum Gasteiger partial charge on any atom is 0.262 e. The average molecular weight is 298 g/mol. The summed E-state index contributed by atoms with van der Waals surface area (Å²) >= 11 is 0. The summed E-state index contributed by atoms with van der Waals surface area (Å²) in [5.41, 5.74) is 1.11. The molecule has 6 heteroatoms. The number of fused-ring (bicyclic) bond motifs is 1. The molecule has 1 aliphatic rings. The lowest BCUT2D eigenvalue weighted by molar-refractivity contribution is -0.118. The first kappa shape index (κ1) is 13.9. The maximum atomic E-state index is 11.9. The van der Waals surface area contributed by atoms with Crippen molar-refractivity contribution in [2.45, 2.75) is 6.92 Å². The Labute approximate surface area is 126 Å². The molecule has 0 bridgehead atoms. The summed E-state index contributed by atoms with van der Waals surface area (Å²) in [4.78, 5) is 23.1. The number of amides is 2. The monoisotopic (exact) mass is 298 g/mol. The molecule has 0 saturated heterocycles. The Balaban J connectivity index is 1.68. The summed E-state index contributed by atoms with van der Waals surface area (Å²) in [6, 6.07) is 8.66. The molecule has 0 unspecified atom stereocenters. The van der Waals surface area contributed by atoms with E-state index in [9.17, 15) is 9.59 Å². The first-order valence-corrected chi connectivity index (χ1v) is 6.72. The molecule has 2 aromatic rings. The molecule has 0 radical (unpaired) electrons. The number of aryl methyl sites for hydroxylation is 1. The largest absolute Gasteiger partial charge is 0.482 e. The van der Waals surface area contributed by atoms with Gasteiger partial charge in [0.15, 0.2) is 6.61 Å². The number of furan rings is 1. The van der Waals surface area contributed by atoms with Crippen molar-refractivity contribution in [1.29, 1.82) is 0 Å². The fraction of sp³-hybridized carbons (Fsp3) is 0.125. The quantitative estimate of drug-likeness (QED) is 0.853. The number of rotatable bonds is 3. The maximum absolute atomic E-state index is 11.9. The first-order chi connectivity index (χ1) is 10.6. The van der Waals surface area contributed by atoms with Crippen molar-refractivity contribution in [3.63, 3.8) is 0 Å². The summed E-state index contributed by atoms with van der Waals surface area (Å²) in [6.45, 7) is 1.84. The molecule has 1 aromatic carbocycles. The predicted octanol–water partition coefficient (Wildman–Crippen LogP) is 2.57. The highest BCUT2D eigenvalue weighted by Gasteiger charge is 2.16. The van der Waals surface area contributed by atoms with Gasteiger partial charge in [0.05, 0.1) is 5.69 Å². The second kappa shape index (κ2) is 5.77. The molecule has 1 aromatic heterocycles. The number of carbonyl (C=O) groups is 2. The minimum atomic E-state index is -0.294. The highest BCUT2D eigenvalue weighted by atomic mass is 16.5. The van der Waals surface area contributed by atoms with Gasteiger partial charge in [0.1, 0.15) is 17.3 Å². The van der Waals surface area contributed by atoms with Crippen molar-refractivity contribution in [2.75, 3.05) is 17.2 Å². The number of carbonyl (C=O) groups excluding carboxylic acids is 2. The summed E-state index contributed by atoms with van der Waals surface area (Å²) in [5.74, 6) is 1.46. The number of anilines is 2. The van der Waals surface area contributed by atoms with Crippen LogP contribution in [-0.2, 0) is 9.59 Å². The van der Waals surface area contributed by atoms with Crippen LogP contribution in [0.25, 0.3) is 6.08 Å². The average Bonchev–Trinajstić information content (AvgIpc) is 2.90. The predicted molar refractivity (Wildman–Crippen MR) is 81.7 cm³/mol. The fourth-order valence-corrected chi connectivity index (χ4v) is 2.05. The van der Waals surface area contributed by atoms with Gasteiger partial charge in [-0.3, -0.25) is 9.59 Å². The summed E-state index contributed by atoms with van der Waals surface area (Å²) in [7, 11) is 0. The molecule has 0 fully saturated rings. The Kier molecular flexibility index (Phi) is 3.65. The summed E-state index contributed by atoms with van der Waals surface area (Å²) in [5, 5.41) is 5.40. The molecule has 0 saturated carbocycles. The number of hydrogen-bond donors (Lipinski definition) is 2.